The molecule has 6 heteroatoms. The minimum atomic E-state index is -0.833. The van der Waals surface area contributed by atoms with Crippen LogP contribution in [0.4, 0.5) is 0 Å². The van der Waals surface area contributed by atoms with Gasteiger partial charge in [0.1, 0.15) is 13.2 Å². The molecule has 0 heterocycles. The van der Waals surface area contributed by atoms with Gasteiger partial charge in [-0.2, -0.15) is 0 Å². The second kappa shape index (κ2) is 49.2. The number of hydrogen-bond acceptors (Lipinski definition) is 6. The standard InChI is InChI=1S/C55H92O6/c1-4-7-10-13-16-19-22-25-26-27-28-31-33-36-39-42-45-48-54(57)60-51-52(61-55(58)49-46-43-40-37-34-30-24-21-18-15-12-9-6-3)50-59-53(56)47-44-41-38-35-32-29-23-20-17-14-11-8-5-2/h9,12,15,18,21,24,29-30,32,34,37-38,40-41,52H,4-8,10-11,13-14,16-17,19-20,22-23,25-28,31,33,35-36,39,42-51H2,1-3H3/b12-9+,18-15+,24-21+,32-29+,34-30+,40-37+,41-38+. The molecule has 0 aliphatic heterocycles. The number of rotatable bonds is 44. The van der Waals surface area contributed by atoms with Crippen molar-refractivity contribution in [1.82, 2.24) is 0 Å². The van der Waals surface area contributed by atoms with Crippen LogP contribution in [0.2, 0.25) is 0 Å². The topological polar surface area (TPSA) is 78.9 Å². The highest BCUT2D eigenvalue weighted by Crippen LogP contribution is 2.15. The fourth-order valence-corrected chi connectivity index (χ4v) is 6.76. The van der Waals surface area contributed by atoms with E-state index in [-0.39, 0.29) is 38.0 Å². The van der Waals surface area contributed by atoms with Gasteiger partial charge in [-0.25, -0.2) is 0 Å². The lowest BCUT2D eigenvalue weighted by Gasteiger charge is -2.18. The number of hydrogen-bond donors (Lipinski definition) is 0. The summed E-state index contributed by atoms with van der Waals surface area (Å²) < 4.78 is 16.6. The van der Waals surface area contributed by atoms with Crippen LogP contribution in [-0.2, 0) is 28.6 Å². The Morgan fingerprint density at radius 3 is 1.26 bits per heavy atom. The Bertz CT molecular complexity index is 1200. The second-order valence-corrected chi connectivity index (χ2v) is 16.5. The summed E-state index contributed by atoms with van der Waals surface area (Å²) in [4.78, 5) is 37.8. The number of carbonyl (C=O) groups is 3. The molecule has 61 heavy (non-hydrogen) atoms. The zero-order chi connectivity index (χ0) is 44.4. The number of unbranched alkanes of at least 4 members (excludes halogenated alkanes) is 23. The highest BCUT2D eigenvalue weighted by molar-refractivity contribution is 5.71. The summed E-state index contributed by atoms with van der Waals surface area (Å²) in [6, 6.07) is 0. The summed E-state index contributed by atoms with van der Waals surface area (Å²) >= 11 is 0. The largest absolute Gasteiger partial charge is 0.462 e. The lowest BCUT2D eigenvalue weighted by Crippen LogP contribution is -2.30. The van der Waals surface area contributed by atoms with Gasteiger partial charge in [0, 0.05) is 19.3 Å². The Morgan fingerprint density at radius 2 is 0.754 bits per heavy atom. The predicted octanol–water partition coefficient (Wildman–Crippen LogP) is 16.4. The van der Waals surface area contributed by atoms with Crippen LogP contribution in [0.25, 0.3) is 0 Å². The molecular weight excluding hydrogens is 757 g/mol. The lowest BCUT2D eigenvalue weighted by atomic mass is 10.0. The third kappa shape index (κ3) is 47.5. The van der Waals surface area contributed by atoms with Gasteiger partial charge in [-0.3, -0.25) is 14.4 Å². The van der Waals surface area contributed by atoms with Crippen molar-refractivity contribution in [2.24, 2.45) is 0 Å². The average molecular weight is 849 g/mol. The van der Waals surface area contributed by atoms with E-state index in [2.05, 4.69) is 45.1 Å². The molecule has 0 N–H and O–H groups in total. The van der Waals surface area contributed by atoms with Gasteiger partial charge >= 0.3 is 17.9 Å². The smallest absolute Gasteiger partial charge is 0.306 e. The molecule has 348 valence electrons. The lowest BCUT2D eigenvalue weighted by molar-refractivity contribution is -0.166. The first-order valence-electron chi connectivity index (χ1n) is 25.2. The molecule has 0 fully saturated rings. The van der Waals surface area contributed by atoms with Gasteiger partial charge in [-0.15, -0.1) is 0 Å². The van der Waals surface area contributed by atoms with Gasteiger partial charge in [0.05, 0.1) is 0 Å². The van der Waals surface area contributed by atoms with E-state index in [0.29, 0.717) is 19.3 Å². The molecule has 0 radical (unpaired) electrons. The average Bonchev–Trinajstić information content (AvgIpc) is 3.26. The van der Waals surface area contributed by atoms with Crippen LogP contribution in [0.3, 0.4) is 0 Å². The fraction of sp³-hybridized carbons (Fsp3) is 0.691. The molecule has 0 aliphatic carbocycles. The van der Waals surface area contributed by atoms with Crippen LogP contribution < -0.4 is 0 Å². The van der Waals surface area contributed by atoms with Crippen molar-refractivity contribution in [3.8, 4) is 0 Å². The molecule has 0 saturated heterocycles. The Labute approximate surface area is 375 Å². The summed E-state index contributed by atoms with van der Waals surface area (Å²) in [6.07, 6.45) is 63.1. The van der Waals surface area contributed by atoms with Crippen LogP contribution in [0.15, 0.2) is 85.1 Å². The molecule has 0 aromatic rings. The number of allylic oxidation sites excluding steroid dienone is 14. The highest BCUT2D eigenvalue weighted by atomic mass is 16.6. The molecule has 0 saturated carbocycles. The molecule has 0 aromatic carbocycles. The van der Waals surface area contributed by atoms with Crippen LogP contribution in [0.1, 0.15) is 226 Å². The SMILES string of the molecule is CC/C=C/C=C/C=C/C=C/C=C/CCCC(=O)OC(COC(=O)CC/C=C/C/C=C/CCCCCCCC)COC(=O)CCCCCCCCCCCCCCCCCCC. The third-order valence-electron chi connectivity index (χ3n) is 10.5. The highest BCUT2D eigenvalue weighted by Gasteiger charge is 2.19. The maximum Gasteiger partial charge on any atom is 0.306 e. The molecule has 6 nitrogen and oxygen atoms in total. The van der Waals surface area contributed by atoms with Crippen molar-refractivity contribution < 1.29 is 28.6 Å². The fourth-order valence-electron chi connectivity index (χ4n) is 6.76. The van der Waals surface area contributed by atoms with Gasteiger partial charge < -0.3 is 14.2 Å². The summed E-state index contributed by atoms with van der Waals surface area (Å²) in [7, 11) is 0. The molecule has 0 rings (SSSR count). The molecule has 0 spiro atoms. The van der Waals surface area contributed by atoms with E-state index in [9.17, 15) is 14.4 Å². The molecule has 0 aromatic heterocycles. The van der Waals surface area contributed by atoms with Crippen LogP contribution in [-0.4, -0.2) is 37.2 Å². The van der Waals surface area contributed by atoms with E-state index in [0.717, 1.165) is 44.9 Å². The zero-order valence-corrected chi connectivity index (χ0v) is 39.7. The van der Waals surface area contributed by atoms with Gasteiger partial charge in [0.25, 0.3) is 0 Å². The predicted molar refractivity (Wildman–Crippen MR) is 261 cm³/mol. The Balaban J connectivity index is 4.50. The molecular formula is C55H92O6. The maximum absolute atomic E-state index is 12.7. The Hall–Kier alpha value is -3.41. The molecule has 1 unspecified atom stereocenters. The number of carbonyl (C=O) groups excluding carboxylic acids is 3. The summed E-state index contributed by atoms with van der Waals surface area (Å²) in [6.45, 7) is 6.37. The van der Waals surface area contributed by atoms with E-state index >= 15 is 0 Å². The van der Waals surface area contributed by atoms with Crippen LogP contribution in [0.5, 0.6) is 0 Å². The first-order valence-corrected chi connectivity index (χ1v) is 25.2. The van der Waals surface area contributed by atoms with E-state index in [4.69, 9.17) is 14.2 Å². The van der Waals surface area contributed by atoms with E-state index < -0.39 is 12.1 Å². The molecule has 0 aliphatic rings. The van der Waals surface area contributed by atoms with E-state index in [1.807, 2.05) is 60.8 Å². The Kier molecular flexibility index (Phi) is 46.5. The Morgan fingerprint density at radius 1 is 0.361 bits per heavy atom. The van der Waals surface area contributed by atoms with Crippen molar-refractivity contribution in [2.75, 3.05) is 13.2 Å². The van der Waals surface area contributed by atoms with Gasteiger partial charge in [0.2, 0.25) is 0 Å². The second-order valence-electron chi connectivity index (χ2n) is 16.5. The van der Waals surface area contributed by atoms with Gasteiger partial charge in [-0.05, 0) is 51.4 Å². The quantitative estimate of drug-likeness (QED) is 0.0200. The monoisotopic (exact) mass is 849 g/mol. The van der Waals surface area contributed by atoms with Crippen molar-refractivity contribution in [3.63, 3.8) is 0 Å². The summed E-state index contributed by atoms with van der Waals surface area (Å²) in [5.41, 5.74) is 0. The number of esters is 3. The van der Waals surface area contributed by atoms with Crippen molar-refractivity contribution in [1.29, 1.82) is 0 Å². The van der Waals surface area contributed by atoms with E-state index in [1.165, 1.54) is 128 Å². The minimum absolute atomic E-state index is 0.121. The van der Waals surface area contributed by atoms with Crippen molar-refractivity contribution >= 4 is 17.9 Å². The summed E-state index contributed by atoms with van der Waals surface area (Å²) in [5, 5.41) is 0. The number of ether oxygens (including phenoxy) is 3. The molecule has 1 atom stereocenters. The van der Waals surface area contributed by atoms with E-state index in [1.54, 1.807) is 0 Å². The maximum atomic E-state index is 12.7. The molecule has 0 bridgehead atoms. The molecule has 0 amide bonds. The first kappa shape index (κ1) is 57.6. The minimum Gasteiger partial charge on any atom is -0.462 e. The van der Waals surface area contributed by atoms with Crippen molar-refractivity contribution in [3.05, 3.63) is 85.1 Å². The van der Waals surface area contributed by atoms with Gasteiger partial charge in [0.15, 0.2) is 6.10 Å². The van der Waals surface area contributed by atoms with Crippen LogP contribution in [0, 0.1) is 0 Å². The van der Waals surface area contributed by atoms with Gasteiger partial charge in [-0.1, -0.05) is 241 Å². The normalized spacial score (nSPS) is 12.8. The van der Waals surface area contributed by atoms with Crippen LogP contribution >= 0.6 is 0 Å². The summed E-state index contributed by atoms with van der Waals surface area (Å²) in [5.74, 6) is -1.07. The first-order chi connectivity index (χ1) is 30.0. The zero-order valence-electron chi connectivity index (χ0n) is 39.7. The van der Waals surface area contributed by atoms with Crippen molar-refractivity contribution in [2.45, 2.75) is 232 Å². The third-order valence-corrected chi connectivity index (χ3v) is 10.5.